The molecule has 0 radical (unpaired) electrons. The van der Waals surface area contributed by atoms with Crippen LogP contribution in [0.3, 0.4) is 0 Å². The summed E-state index contributed by atoms with van der Waals surface area (Å²) in [5.41, 5.74) is 9.34. The van der Waals surface area contributed by atoms with Gasteiger partial charge in [-0.3, -0.25) is 4.98 Å². The highest BCUT2D eigenvalue weighted by Crippen LogP contribution is 2.32. The molecule has 8 nitrogen and oxygen atoms in total. The maximum atomic E-state index is 6.01. The van der Waals surface area contributed by atoms with Crippen LogP contribution < -0.4 is 0 Å². The number of nitrogens with zero attached hydrogens (tertiary/aromatic N) is 6. The third kappa shape index (κ3) is 5.35. The predicted octanol–water partition coefficient (Wildman–Crippen LogP) is 10.7. The summed E-state index contributed by atoms with van der Waals surface area (Å²) >= 11 is 0. The van der Waals surface area contributed by atoms with Crippen molar-refractivity contribution in [2.24, 2.45) is 0 Å². The molecule has 6 aromatic carbocycles. The fourth-order valence-electron chi connectivity index (χ4n) is 6.41. The molecule has 0 N–H and O–H groups in total. The zero-order valence-corrected chi connectivity index (χ0v) is 27.5. The molecule has 52 heavy (non-hydrogen) atoms. The first-order valence-electron chi connectivity index (χ1n) is 16.9. The quantitative estimate of drug-likeness (QED) is 0.172. The molecule has 0 fully saturated rings. The first-order valence-corrected chi connectivity index (χ1v) is 16.9. The number of pyridine rings is 1. The Kier molecular flexibility index (Phi) is 6.95. The largest absolute Gasteiger partial charge is 0.436 e. The van der Waals surface area contributed by atoms with Crippen LogP contribution in [-0.2, 0) is 0 Å². The van der Waals surface area contributed by atoms with Gasteiger partial charge in [0.05, 0.1) is 5.69 Å². The maximum Gasteiger partial charge on any atom is 0.227 e. The average molecular weight is 671 g/mol. The van der Waals surface area contributed by atoms with Gasteiger partial charge in [0.25, 0.3) is 0 Å². The van der Waals surface area contributed by atoms with Crippen LogP contribution in [0.5, 0.6) is 0 Å². The van der Waals surface area contributed by atoms with Crippen molar-refractivity contribution in [3.05, 3.63) is 158 Å². The Balaban J connectivity index is 1.04. The summed E-state index contributed by atoms with van der Waals surface area (Å²) in [6.45, 7) is 0. The zero-order chi connectivity index (χ0) is 34.4. The van der Waals surface area contributed by atoms with Crippen molar-refractivity contribution < 1.29 is 8.83 Å². The van der Waals surface area contributed by atoms with E-state index >= 15 is 0 Å². The minimum Gasteiger partial charge on any atom is -0.436 e. The molecule has 10 rings (SSSR count). The van der Waals surface area contributed by atoms with Gasteiger partial charge in [0.2, 0.25) is 11.8 Å². The van der Waals surface area contributed by atoms with E-state index < -0.39 is 0 Å². The number of aromatic nitrogens is 6. The normalized spacial score (nSPS) is 11.5. The zero-order valence-electron chi connectivity index (χ0n) is 27.5. The number of rotatable bonds is 6. The molecular formula is C44H26N6O2. The van der Waals surface area contributed by atoms with E-state index in [1.165, 1.54) is 0 Å². The van der Waals surface area contributed by atoms with Crippen LogP contribution >= 0.6 is 0 Å². The first-order chi connectivity index (χ1) is 25.7. The average Bonchev–Trinajstić information content (AvgIpc) is 3.86. The summed E-state index contributed by atoms with van der Waals surface area (Å²) < 4.78 is 12.0. The highest BCUT2D eigenvalue weighted by molar-refractivity contribution is 5.94. The third-order valence-corrected chi connectivity index (χ3v) is 9.09. The lowest BCUT2D eigenvalue weighted by molar-refractivity contribution is 0.619. The van der Waals surface area contributed by atoms with Crippen molar-refractivity contribution >= 4 is 33.0 Å². The molecule has 0 saturated heterocycles. The van der Waals surface area contributed by atoms with Gasteiger partial charge in [0.15, 0.2) is 28.6 Å². The number of oxazole rings is 2. The molecule has 8 heteroatoms. The molecule has 0 unspecified atom stereocenters. The van der Waals surface area contributed by atoms with E-state index in [4.69, 9.17) is 28.8 Å². The van der Waals surface area contributed by atoms with Gasteiger partial charge >= 0.3 is 0 Å². The van der Waals surface area contributed by atoms with Crippen molar-refractivity contribution in [2.75, 3.05) is 0 Å². The molecule has 4 aromatic heterocycles. The SMILES string of the molecule is c1ccc2c(-c3ccc(-c4nc(-c5ccc(-c6nc7ccccc7o6)cc5)nc(-c5ccc(-c6nc7ccccc7o6)cc5)n4)cc3)nccc2c1. The van der Waals surface area contributed by atoms with Crippen LogP contribution in [-0.4, -0.2) is 29.9 Å². The van der Waals surface area contributed by atoms with E-state index in [0.717, 1.165) is 72.0 Å². The summed E-state index contributed by atoms with van der Waals surface area (Å²) in [4.78, 5) is 28.9. The van der Waals surface area contributed by atoms with Crippen LogP contribution in [0.25, 0.3) is 101 Å². The predicted molar refractivity (Wildman–Crippen MR) is 203 cm³/mol. The number of para-hydroxylation sites is 4. The van der Waals surface area contributed by atoms with Gasteiger partial charge in [-0.15, -0.1) is 0 Å². The fourth-order valence-corrected chi connectivity index (χ4v) is 6.41. The van der Waals surface area contributed by atoms with E-state index in [-0.39, 0.29) is 0 Å². The highest BCUT2D eigenvalue weighted by atomic mass is 16.4. The Morgan fingerprint density at radius 3 is 1.27 bits per heavy atom. The van der Waals surface area contributed by atoms with Crippen molar-refractivity contribution in [1.82, 2.24) is 29.9 Å². The van der Waals surface area contributed by atoms with E-state index in [2.05, 4.69) is 34.2 Å². The van der Waals surface area contributed by atoms with Gasteiger partial charge < -0.3 is 8.83 Å². The van der Waals surface area contributed by atoms with Gasteiger partial charge in [-0.05, 0) is 60.0 Å². The second kappa shape index (κ2) is 12.2. The van der Waals surface area contributed by atoms with E-state index in [1.54, 1.807) is 0 Å². The van der Waals surface area contributed by atoms with Crippen molar-refractivity contribution in [2.45, 2.75) is 0 Å². The minimum atomic E-state index is 0.548. The molecule has 0 atom stereocenters. The van der Waals surface area contributed by atoms with Crippen molar-refractivity contribution in [3.63, 3.8) is 0 Å². The molecule has 0 bridgehead atoms. The summed E-state index contributed by atoms with van der Waals surface area (Å²) in [6, 6.07) is 49.8. The second-order valence-electron chi connectivity index (χ2n) is 12.4. The van der Waals surface area contributed by atoms with Gasteiger partial charge in [-0.2, -0.15) is 0 Å². The minimum absolute atomic E-state index is 0.548. The summed E-state index contributed by atoms with van der Waals surface area (Å²) in [7, 11) is 0. The lowest BCUT2D eigenvalue weighted by Crippen LogP contribution is -2.00. The summed E-state index contributed by atoms with van der Waals surface area (Å²) in [5, 5.41) is 2.25. The van der Waals surface area contributed by atoms with Gasteiger partial charge in [-0.1, -0.05) is 97.1 Å². The van der Waals surface area contributed by atoms with Gasteiger partial charge in [-0.25, -0.2) is 24.9 Å². The molecule has 0 amide bonds. The fraction of sp³-hybridized carbons (Fsp3) is 0. The lowest BCUT2D eigenvalue weighted by Gasteiger charge is -2.10. The standard InChI is InChI=1S/C44H26N6O2/c1-2-8-34-27(7-1)25-26-45-39(34)28-13-15-29(16-14-28)40-48-41(30-17-21-32(22-18-30)43-46-35-9-3-5-11-37(35)51-43)50-42(49-40)31-19-23-33(24-20-31)44-47-36-10-4-6-12-38(36)52-44/h1-26H. The Morgan fingerprint density at radius 2 is 0.769 bits per heavy atom. The molecule has 0 aliphatic rings. The Hall–Kier alpha value is -7.32. The van der Waals surface area contributed by atoms with Gasteiger partial charge in [0.1, 0.15) is 11.0 Å². The van der Waals surface area contributed by atoms with Crippen molar-refractivity contribution in [1.29, 1.82) is 0 Å². The summed E-state index contributed by atoms with van der Waals surface area (Å²) in [5.74, 6) is 2.77. The molecule has 244 valence electrons. The van der Waals surface area contributed by atoms with E-state index in [1.807, 2.05) is 134 Å². The Labute approximate surface area is 297 Å². The molecule has 0 saturated carbocycles. The van der Waals surface area contributed by atoms with Crippen LogP contribution in [0.2, 0.25) is 0 Å². The highest BCUT2D eigenvalue weighted by Gasteiger charge is 2.16. The van der Waals surface area contributed by atoms with Gasteiger partial charge in [0, 0.05) is 45.0 Å². The second-order valence-corrected chi connectivity index (χ2v) is 12.4. The third-order valence-electron chi connectivity index (χ3n) is 9.09. The first kappa shape index (κ1) is 29.6. The maximum absolute atomic E-state index is 6.01. The number of hydrogen-bond acceptors (Lipinski definition) is 8. The number of hydrogen-bond donors (Lipinski definition) is 0. The summed E-state index contributed by atoms with van der Waals surface area (Å²) in [6.07, 6.45) is 1.85. The van der Waals surface area contributed by atoms with E-state index in [0.29, 0.717) is 29.3 Å². The molecular weight excluding hydrogens is 645 g/mol. The number of fused-ring (bicyclic) bond motifs is 3. The molecule has 10 aromatic rings. The Morgan fingerprint density at radius 1 is 0.346 bits per heavy atom. The lowest BCUT2D eigenvalue weighted by atomic mass is 10.0. The van der Waals surface area contributed by atoms with Crippen LogP contribution in [0.15, 0.2) is 167 Å². The van der Waals surface area contributed by atoms with Crippen molar-refractivity contribution in [3.8, 4) is 68.3 Å². The van der Waals surface area contributed by atoms with Crippen LogP contribution in [0.1, 0.15) is 0 Å². The van der Waals surface area contributed by atoms with Crippen LogP contribution in [0, 0.1) is 0 Å². The van der Waals surface area contributed by atoms with E-state index in [9.17, 15) is 0 Å². The Bertz CT molecular complexity index is 2690. The topological polar surface area (TPSA) is 104 Å². The monoisotopic (exact) mass is 670 g/mol. The number of benzene rings is 6. The molecule has 0 aliphatic heterocycles. The molecule has 0 spiro atoms. The van der Waals surface area contributed by atoms with Crippen LogP contribution in [0.4, 0.5) is 0 Å². The molecule has 0 aliphatic carbocycles. The molecule has 4 heterocycles. The smallest absolute Gasteiger partial charge is 0.227 e.